The summed E-state index contributed by atoms with van der Waals surface area (Å²) < 4.78 is 108. The van der Waals surface area contributed by atoms with Crippen LogP contribution in [0.15, 0.2) is 131 Å². The van der Waals surface area contributed by atoms with Crippen LogP contribution in [-0.2, 0) is 42.0 Å². The largest absolute Gasteiger partial charge is 4.00 e. The van der Waals surface area contributed by atoms with Crippen molar-refractivity contribution in [2.45, 2.75) is 22.6 Å². The first-order valence-corrected chi connectivity index (χ1v) is 16.0. The molecule has 0 unspecified atom stereocenters. The van der Waals surface area contributed by atoms with Crippen molar-refractivity contribution in [3.63, 3.8) is 0 Å². The number of benzene rings is 4. The van der Waals surface area contributed by atoms with Gasteiger partial charge in [-0.25, -0.2) is 41.9 Å². The van der Waals surface area contributed by atoms with E-state index in [1.807, 2.05) is 24.3 Å². The van der Waals surface area contributed by atoms with Crippen molar-refractivity contribution in [1.29, 1.82) is 0 Å². The Hall–Kier alpha value is -4.23. The first kappa shape index (κ1) is 39.0. The Morgan fingerprint density at radius 3 is 1.15 bits per heavy atom. The molecule has 0 saturated carbocycles. The summed E-state index contributed by atoms with van der Waals surface area (Å²) in [6.07, 6.45) is 20.0. The Morgan fingerprint density at radius 1 is 0.532 bits per heavy atom. The fourth-order valence-corrected chi connectivity index (χ4v) is 5.08. The van der Waals surface area contributed by atoms with Crippen LogP contribution < -0.4 is 8.37 Å². The van der Waals surface area contributed by atoms with Gasteiger partial charge in [0, 0.05) is 11.6 Å². The van der Waals surface area contributed by atoms with Crippen molar-refractivity contribution in [1.82, 2.24) is 0 Å². The Balaban J connectivity index is 0.000000248. The van der Waals surface area contributed by atoms with E-state index < -0.39 is 55.0 Å². The Labute approximate surface area is 286 Å². The van der Waals surface area contributed by atoms with Gasteiger partial charge >= 0.3 is 42.0 Å². The van der Waals surface area contributed by atoms with Crippen molar-refractivity contribution in [3.05, 3.63) is 169 Å². The number of halogens is 4. The van der Waals surface area contributed by atoms with Crippen LogP contribution in [0.5, 0.6) is 11.5 Å². The van der Waals surface area contributed by atoms with Crippen LogP contribution in [0.25, 0.3) is 0 Å². The van der Waals surface area contributed by atoms with E-state index in [0.717, 1.165) is 37.1 Å². The topological polar surface area (TPSA) is 86.7 Å². The van der Waals surface area contributed by atoms with E-state index >= 15 is 0 Å². The van der Waals surface area contributed by atoms with Crippen molar-refractivity contribution in [2.24, 2.45) is 0 Å². The number of hydrogen-bond donors (Lipinski definition) is 0. The van der Waals surface area contributed by atoms with Crippen LogP contribution in [0, 0.1) is 47.6 Å². The van der Waals surface area contributed by atoms with E-state index in [1.165, 1.54) is 48.5 Å². The molecule has 0 radical (unpaired) electrons. The third kappa shape index (κ3) is 13.6. The summed E-state index contributed by atoms with van der Waals surface area (Å²) >= 11 is 0. The monoisotopic (exact) mass is 716 g/mol. The fourth-order valence-electron chi connectivity index (χ4n) is 3.18. The van der Waals surface area contributed by atoms with Gasteiger partial charge in [-0.1, -0.05) is 36.4 Å². The molecule has 0 bridgehead atoms. The molecule has 6 rings (SSSR count). The molecule has 0 fully saturated rings. The zero-order chi connectivity index (χ0) is 33.4. The molecule has 0 heterocycles. The summed E-state index contributed by atoms with van der Waals surface area (Å²) in [5.74, 6) is -5.46. The minimum Gasteiger partial charge on any atom is -0.440 e. The molecule has 47 heavy (non-hydrogen) atoms. The summed E-state index contributed by atoms with van der Waals surface area (Å²) in [5, 5.41) is 0. The van der Waals surface area contributed by atoms with Crippen molar-refractivity contribution < 1.29 is 64.5 Å². The Morgan fingerprint density at radius 2 is 0.894 bits per heavy atom. The molecular weight excluding hydrogens is 692 g/mol. The van der Waals surface area contributed by atoms with Crippen LogP contribution in [0.4, 0.5) is 17.6 Å². The second-order valence-electron chi connectivity index (χ2n) is 8.68. The average molecular weight is 717 g/mol. The molecule has 13 heteroatoms. The number of rotatable bonds is 6. The van der Waals surface area contributed by atoms with E-state index in [-0.39, 0.29) is 31.5 Å². The normalized spacial score (nSPS) is 12.3. The van der Waals surface area contributed by atoms with Gasteiger partial charge in [0.2, 0.25) is 0 Å². The molecule has 0 aliphatic heterocycles. The summed E-state index contributed by atoms with van der Waals surface area (Å²) in [4.78, 5) is -0.234. The van der Waals surface area contributed by atoms with E-state index in [4.69, 9.17) is 0 Å². The molecule has 0 amide bonds. The number of hydrogen-bond acceptors (Lipinski definition) is 6. The molecule has 2 aliphatic carbocycles. The predicted molar refractivity (Wildman–Crippen MR) is 162 cm³/mol. The van der Waals surface area contributed by atoms with Crippen LogP contribution >= 0.6 is 0 Å². The molecule has 4 aromatic rings. The average Bonchev–Trinajstić information content (AvgIpc) is 3.82. The van der Waals surface area contributed by atoms with Gasteiger partial charge in [-0.05, 0) is 24.3 Å². The maximum atomic E-state index is 13.2. The zero-order valence-corrected chi connectivity index (χ0v) is 27.4. The maximum Gasteiger partial charge on any atom is 4.00 e. The molecule has 0 aromatic heterocycles. The van der Waals surface area contributed by atoms with Gasteiger partial charge in [0.05, 0.1) is 23.1 Å². The predicted octanol–water partition coefficient (Wildman–Crippen LogP) is 7.67. The van der Waals surface area contributed by atoms with Crippen LogP contribution in [-0.4, -0.2) is 16.8 Å². The second kappa shape index (κ2) is 19.4. The van der Waals surface area contributed by atoms with Crippen LogP contribution in [0.1, 0.15) is 12.8 Å². The summed E-state index contributed by atoms with van der Waals surface area (Å²) in [6.45, 7) is 0. The third-order valence-electron chi connectivity index (χ3n) is 5.29. The molecular formula is C34H24F4O6S2Ti. The van der Waals surface area contributed by atoms with E-state index in [9.17, 15) is 34.4 Å². The molecule has 240 valence electrons. The quantitative estimate of drug-likeness (QED) is 0.0882. The van der Waals surface area contributed by atoms with Gasteiger partial charge in [0.25, 0.3) is 0 Å². The van der Waals surface area contributed by atoms with Gasteiger partial charge in [0.15, 0.2) is 0 Å². The van der Waals surface area contributed by atoms with Gasteiger partial charge in [-0.3, -0.25) is 12.2 Å². The number of allylic oxidation sites excluding steroid dienone is 8. The summed E-state index contributed by atoms with van der Waals surface area (Å²) in [5.41, 5.74) is 0. The van der Waals surface area contributed by atoms with E-state index in [0.29, 0.717) is 0 Å². The van der Waals surface area contributed by atoms with Crippen LogP contribution in [0.3, 0.4) is 0 Å². The fraction of sp³-hybridized carbons (Fsp3) is 0.0588. The molecule has 2 aliphatic rings. The van der Waals surface area contributed by atoms with Gasteiger partial charge in [0.1, 0.15) is 9.79 Å². The Bertz CT molecular complexity index is 1750. The van der Waals surface area contributed by atoms with Gasteiger partial charge in [-0.2, -0.15) is 29.0 Å². The minimum atomic E-state index is -4.13. The van der Waals surface area contributed by atoms with Crippen LogP contribution in [0.2, 0.25) is 0 Å². The van der Waals surface area contributed by atoms with Crippen molar-refractivity contribution >= 4 is 20.2 Å². The smallest absolute Gasteiger partial charge is 0.440 e. The molecule has 0 N–H and O–H groups in total. The van der Waals surface area contributed by atoms with Crippen molar-refractivity contribution in [3.8, 4) is 11.5 Å². The second-order valence-corrected chi connectivity index (χ2v) is 11.8. The minimum absolute atomic E-state index is 0. The summed E-state index contributed by atoms with van der Waals surface area (Å²) in [6, 6.07) is 21.4. The molecule has 6 nitrogen and oxygen atoms in total. The van der Waals surface area contributed by atoms with E-state index in [2.05, 4.69) is 32.7 Å². The first-order valence-electron chi connectivity index (χ1n) is 13.1. The molecule has 0 saturated heterocycles. The SMILES string of the molecule is O=S(=O)(Oc1ccc(F)[c-]c1F)c1ccccc1.O=S(=O)(Oc1ccc(F)[c-]c1F)c1ccccc1.[C-]1=CC=CC1.[C-]1=CC=CC1.[Ti+4]. The molecule has 4 aromatic carbocycles. The maximum absolute atomic E-state index is 13.2. The zero-order valence-electron chi connectivity index (χ0n) is 24.2. The molecule has 0 atom stereocenters. The summed E-state index contributed by atoms with van der Waals surface area (Å²) in [7, 11) is -8.26. The third-order valence-corrected chi connectivity index (χ3v) is 7.78. The first-order chi connectivity index (χ1) is 22.0. The van der Waals surface area contributed by atoms with Gasteiger partial charge < -0.3 is 8.37 Å². The Kier molecular flexibility index (Phi) is 16.1. The van der Waals surface area contributed by atoms with E-state index in [1.54, 1.807) is 24.3 Å². The standard InChI is InChI=1S/2C12H7F2O3S.2C5H5.Ti/c2*13-9-6-7-12(11(14)8-9)17-18(15,16)10-4-2-1-3-5-10;2*1-2-4-5-3-1;/h2*1-7H;2*1-3H,4H2;/q4*-1;+4. The van der Waals surface area contributed by atoms with Crippen molar-refractivity contribution in [2.75, 3.05) is 0 Å². The molecule has 0 spiro atoms. The van der Waals surface area contributed by atoms with Gasteiger partial charge in [-0.15, -0.1) is 49.2 Å².